The lowest BCUT2D eigenvalue weighted by molar-refractivity contribution is 0.627. The normalized spacial score (nSPS) is 11.2. The highest BCUT2D eigenvalue weighted by atomic mass is 19.1. The molecule has 2 heterocycles. The quantitative estimate of drug-likeness (QED) is 0.298. The second kappa shape index (κ2) is 8.08. The number of para-hydroxylation sites is 4. The van der Waals surface area contributed by atoms with E-state index in [0.29, 0.717) is 56.0 Å². The molecule has 6 aromatic rings. The topological polar surface area (TPSA) is 51.6 Å². The second-order valence-electron chi connectivity index (χ2n) is 7.83. The molecule has 0 fully saturated rings. The highest BCUT2D eigenvalue weighted by molar-refractivity contribution is 5.92. The van der Waals surface area contributed by atoms with Crippen LogP contribution in [0.3, 0.4) is 0 Å². The van der Waals surface area contributed by atoms with Gasteiger partial charge < -0.3 is 0 Å². The van der Waals surface area contributed by atoms with Crippen molar-refractivity contribution in [2.45, 2.75) is 0 Å². The Bertz CT molecular complexity index is 1540. The summed E-state index contributed by atoms with van der Waals surface area (Å²) in [5, 5.41) is 0. The highest BCUT2D eigenvalue weighted by Gasteiger charge is 2.20. The van der Waals surface area contributed by atoms with Gasteiger partial charge in [0.1, 0.15) is 23.0 Å². The number of hydrogen-bond acceptors (Lipinski definition) is 4. The van der Waals surface area contributed by atoms with Crippen molar-refractivity contribution in [2.75, 3.05) is 0 Å². The van der Waals surface area contributed by atoms with Crippen LogP contribution < -0.4 is 0 Å². The van der Waals surface area contributed by atoms with E-state index in [9.17, 15) is 8.78 Å². The lowest BCUT2D eigenvalue weighted by atomic mass is 10.0. The fraction of sp³-hybridized carbons (Fsp3) is 0. The van der Waals surface area contributed by atoms with E-state index in [4.69, 9.17) is 19.9 Å². The number of aromatic nitrogens is 4. The van der Waals surface area contributed by atoms with Gasteiger partial charge in [-0.15, -0.1) is 0 Å². The lowest BCUT2D eigenvalue weighted by Crippen LogP contribution is -2.01. The Labute approximate surface area is 193 Å². The maximum Gasteiger partial charge on any atom is 0.123 e. The Morgan fingerprint density at radius 1 is 0.353 bits per heavy atom. The van der Waals surface area contributed by atoms with E-state index in [1.807, 2.05) is 48.5 Å². The van der Waals surface area contributed by atoms with Crippen molar-refractivity contribution in [3.05, 3.63) is 109 Å². The maximum absolute atomic E-state index is 13.7. The first kappa shape index (κ1) is 20.1. The Morgan fingerprint density at radius 2 is 0.647 bits per heavy atom. The SMILES string of the molecule is Fc1ccc(-c2nc3ccccc3nc2-c2nc3ccccc3nc2-c2ccc(F)cc2)cc1. The van der Waals surface area contributed by atoms with Gasteiger partial charge >= 0.3 is 0 Å². The Hall–Kier alpha value is -4.58. The summed E-state index contributed by atoms with van der Waals surface area (Å²) in [5.41, 5.74) is 6.38. The fourth-order valence-electron chi connectivity index (χ4n) is 3.95. The molecular weight excluding hydrogens is 430 g/mol. The molecular formula is C28H16F2N4. The molecule has 2 aromatic heterocycles. The Balaban J connectivity index is 1.71. The van der Waals surface area contributed by atoms with Crippen LogP contribution in [-0.4, -0.2) is 19.9 Å². The molecule has 0 amide bonds. The third kappa shape index (κ3) is 3.55. The van der Waals surface area contributed by atoms with E-state index in [1.165, 1.54) is 24.3 Å². The first-order valence-electron chi connectivity index (χ1n) is 10.7. The standard InChI is InChI=1S/C28H16F2N4/c29-19-13-9-17(10-14-19)25-27(33-23-7-3-1-5-21(23)31-25)28-26(18-11-15-20(30)16-12-18)32-22-6-2-4-8-24(22)34-28/h1-16H. The van der Waals surface area contributed by atoms with Gasteiger partial charge in [-0.25, -0.2) is 28.7 Å². The van der Waals surface area contributed by atoms with E-state index >= 15 is 0 Å². The molecule has 0 atom stereocenters. The molecule has 0 aliphatic carbocycles. The van der Waals surface area contributed by atoms with Crippen LogP contribution in [0.15, 0.2) is 97.1 Å². The van der Waals surface area contributed by atoms with Crippen LogP contribution in [0.5, 0.6) is 0 Å². The number of rotatable bonds is 3. The van der Waals surface area contributed by atoms with Crippen LogP contribution in [0.2, 0.25) is 0 Å². The van der Waals surface area contributed by atoms with Gasteiger partial charge in [-0.05, 0) is 72.8 Å². The molecule has 6 heteroatoms. The van der Waals surface area contributed by atoms with E-state index in [1.54, 1.807) is 24.3 Å². The van der Waals surface area contributed by atoms with Crippen molar-refractivity contribution in [1.82, 2.24) is 19.9 Å². The molecule has 0 unspecified atom stereocenters. The van der Waals surface area contributed by atoms with Gasteiger partial charge in [-0.1, -0.05) is 24.3 Å². The summed E-state index contributed by atoms with van der Waals surface area (Å²) in [6.45, 7) is 0. The Kier molecular flexibility index (Phi) is 4.77. The van der Waals surface area contributed by atoms with E-state index < -0.39 is 0 Å². The van der Waals surface area contributed by atoms with E-state index in [2.05, 4.69) is 0 Å². The summed E-state index contributed by atoms with van der Waals surface area (Å²) >= 11 is 0. The zero-order valence-electron chi connectivity index (χ0n) is 17.8. The minimum absolute atomic E-state index is 0.337. The monoisotopic (exact) mass is 446 g/mol. The number of halogens is 2. The van der Waals surface area contributed by atoms with Gasteiger partial charge in [0.05, 0.1) is 33.5 Å². The molecule has 0 spiro atoms. The van der Waals surface area contributed by atoms with Crippen LogP contribution in [0, 0.1) is 11.6 Å². The molecule has 0 aliphatic heterocycles. The predicted molar refractivity (Wildman–Crippen MR) is 129 cm³/mol. The van der Waals surface area contributed by atoms with Crippen molar-refractivity contribution in [2.24, 2.45) is 0 Å². The molecule has 6 rings (SSSR count). The van der Waals surface area contributed by atoms with Gasteiger partial charge in [-0.3, -0.25) is 0 Å². The number of fused-ring (bicyclic) bond motifs is 2. The van der Waals surface area contributed by atoms with Crippen molar-refractivity contribution in [1.29, 1.82) is 0 Å². The van der Waals surface area contributed by atoms with E-state index in [-0.39, 0.29) is 11.6 Å². The van der Waals surface area contributed by atoms with Crippen molar-refractivity contribution < 1.29 is 8.78 Å². The summed E-state index contributed by atoms with van der Waals surface area (Å²) < 4.78 is 27.4. The third-order valence-corrected chi connectivity index (χ3v) is 5.60. The molecule has 34 heavy (non-hydrogen) atoms. The highest BCUT2D eigenvalue weighted by Crippen LogP contribution is 2.36. The number of hydrogen-bond donors (Lipinski definition) is 0. The molecule has 0 N–H and O–H groups in total. The van der Waals surface area contributed by atoms with Crippen LogP contribution in [-0.2, 0) is 0 Å². The first-order chi connectivity index (χ1) is 16.7. The lowest BCUT2D eigenvalue weighted by Gasteiger charge is -2.14. The van der Waals surface area contributed by atoms with Crippen LogP contribution in [0.1, 0.15) is 0 Å². The average Bonchev–Trinajstić information content (AvgIpc) is 2.88. The molecule has 0 radical (unpaired) electrons. The molecule has 4 nitrogen and oxygen atoms in total. The summed E-state index contributed by atoms with van der Waals surface area (Å²) in [6.07, 6.45) is 0. The zero-order valence-corrected chi connectivity index (χ0v) is 17.8. The van der Waals surface area contributed by atoms with Gasteiger partial charge in [0, 0.05) is 11.1 Å². The zero-order chi connectivity index (χ0) is 23.1. The maximum atomic E-state index is 13.7. The fourth-order valence-corrected chi connectivity index (χ4v) is 3.95. The van der Waals surface area contributed by atoms with Gasteiger partial charge in [0.2, 0.25) is 0 Å². The molecule has 0 saturated heterocycles. The summed E-state index contributed by atoms with van der Waals surface area (Å²) in [5.74, 6) is -0.673. The van der Waals surface area contributed by atoms with Crippen molar-refractivity contribution >= 4 is 22.1 Å². The third-order valence-electron chi connectivity index (χ3n) is 5.60. The smallest absolute Gasteiger partial charge is 0.123 e. The molecule has 0 saturated carbocycles. The minimum Gasteiger partial charge on any atom is -0.244 e. The van der Waals surface area contributed by atoms with Gasteiger partial charge in [-0.2, -0.15) is 0 Å². The Morgan fingerprint density at radius 3 is 0.971 bits per heavy atom. The number of nitrogens with zero attached hydrogens (tertiary/aromatic N) is 4. The van der Waals surface area contributed by atoms with Crippen molar-refractivity contribution in [3.63, 3.8) is 0 Å². The molecule has 4 aromatic carbocycles. The summed E-state index contributed by atoms with van der Waals surface area (Å²) in [4.78, 5) is 19.6. The second-order valence-corrected chi connectivity index (χ2v) is 7.83. The van der Waals surface area contributed by atoms with Crippen LogP contribution >= 0.6 is 0 Å². The largest absolute Gasteiger partial charge is 0.244 e. The predicted octanol–water partition coefficient (Wildman–Crippen LogP) is 6.85. The summed E-state index contributed by atoms with van der Waals surface area (Å²) in [6, 6.07) is 27.3. The van der Waals surface area contributed by atoms with Crippen LogP contribution in [0.25, 0.3) is 56.0 Å². The molecule has 162 valence electrons. The van der Waals surface area contributed by atoms with Crippen molar-refractivity contribution in [3.8, 4) is 33.9 Å². The van der Waals surface area contributed by atoms with Crippen LogP contribution in [0.4, 0.5) is 8.78 Å². The van der Waals surface area contributed by atoms with Gasteiger partial charge in [0.25, 0.3) is 0 Å². The summed E-state index contributed by atoms with van der Waals surface area (Å²) in [7, 11) is 0. The number of benzene rings is 4. The molecule has 0 aliphatic rings. The van der Waals surface area contributed by atoms with Gasteiger partial charge in [0.15, 0.2) is 0 Å². The minimum atomic E-state index is -0.337. The molecule has 0 bridgehead atoms. The average molecular weight is 446 g/mol. The van der Waals surface area contributed by atoms with E-state index in [0.717, 1.165) is 0 Å². The first-order valence-corrected chi connectivity index (χ1v) is 10.7.